The van der Waals surface area contributed by atoms with Gasteiger partial charge in [-0.1, -0.05) is 30.3 Å². The van der Waals surface area contributed by atoms with Crippen molar-refractivity contribution in [2.45, 2.75) is 6.92 Å². The van der Waals surface area contributed by atoms with Gasteiger partial charge in [0.25, 0.3) is 0 Å². The minimum absolute atomic E-state index is 0.683. The van der Waals surface area contributed by atoms with Crippen molar-refractivity contribution in [3.63, 3.8) is 0 Å². The first-order chi connectivity index (χ1) is 10.3. The van der Waals surface area contributed by atoms with E-state index in [-0.39, 0.29) is 0 Å². The minimum atomic E-state index is 0.683. The molecule has 0 spiro atoms. The lowest BCUT2D eigenvalue weighted by Crippen LogP contribution is -1.91. The summed E-state index contributed by atoms with van der Waals surface area (Å²) in [5, 5.41) is 6.00. The maximum absolute atomic E-state index is 5.58. The number of fused-ring (bicyclic) bond motifs is 4. The van der Waals surface area contributed by atoms with E-state index in [0.29, 0.717) is 6.61 Å². The Bertz CT molecular complexity index is 959. The Morgan fingerprint density at radius 2 is 1.76 bits per heavy atom. The molecule has 0 saturated heterocycles. The van der Waals surface area contributed by atoms with Gasteiger partial charge >= 0.3 is 0 Å². The largest absolute Gasteiger partial charge is 0.494 e. The molecule has 0 fully saturated rings. The first-order valence-electron chi connectivity index (χ1n) is 7.19. The third-order valence-electron chi connectivity index (χ3n) is 3.83. The minimum Gasteiger partial charge on any atom is -0.494 e. The van der Waals surface area contributed by atoms with Crippen molar-refractivity contribution in [2.24, 2.45) is 0 Å². The van der Waals surface area contributed by atoms with Crippen LogP contribution < -0.4 is 4.74 Å². The Kier molecular flexibility index (Phi) is 2.74. The fraction of sp³-hybridized carbons (Fsp3) is 0.105. The van der Waals surface area contributed by atoms with Crippen LogP contribution in [0.15, 0.2) is 60.8 Å². The number of hydrogen-bond donors (Lipinski definition) is 0. The smallest absolute Gasteiger partial charge is 0.119 e. The van der Waals surface area contributed by atoms with Crippen LogP contribution >= 0.6 is 0 Å². The molecule has 3 aromatic carbocycles. The molecule has 0 N–H and O–H groups in total. The molecule has 2 heteroatoms. The predicted molar refractivity (Wildman–Crippen MR) is 87.9 cm³/mol. The van der Waals surface area contributed by atoms with Gasteiger partial charge < -0.3 is 4.74 Å². The number of nitrogens with zero attached hydrogens (tertiary/aromatic N) is 1. The lowest BCUT2D eigenvalue weighted by molar-refractivity contribution is 0.341. The van der Waals surface area contributed by atoms with E-state index < -0.39 is 0 Å². The highest BCUT2D eigenvalue weighted by atomic mass is 16.5. The van der Waals surface area contributed by atoms with E-state index in [4.69, 9.17) is 4.74 Å². The zero-order valence-electron chi connectivity index (χ0n) is 11.8. The van der Waals surface area contributed by atoms with Gasteiger partial charge in [-0.2, -0.15) is 0 Å². The average molecular weight is 273 g/mol. The molecule has 1 aromatic heterocycles. The number of hydrogen-bond acceptors (Lipinski definition) is 2. The zero-order valence-corrected chi connectivity index (χ0v) is 11.8. The molecule has 0 unspecified atom stereocenters. The molecule has 0 saturated carbocycles. The first kappa shape index (κ1) is 12.2. The molecule has 1 heterocycles. The van der Waals surface area contributed by atoms with Gasteiger partial charge in [0, 0.05) is 17.0 Å². The van der Waals surface area contributed by atoms with E-state index in [9.17, 15) is 0 Å². The normalized spacial score (nSPS) is 11.3. The third-order valence-corrected chi connectivity index (χ3v) is 3.83. The van der Waals surface area contributed by atoms with Gasteiger partial charge in [0.2, 0.25) is 0 Å². The van der Waals surface area contributed by atoms with Crippen LogP contribution in [0.4, 0.5) is 0 Å². The SMILES string of the molecule is CCOc1ccc2cc3c(cc2c1)ncc1ccccc13. The fourth-order valence-electron chi connectivity index (χ4n) is 2.84. The van der Waals surface area contributed by atoms with E-state index >= 15 is 0 Å². The highest BCUT2D eigenvalue weighted by molar-refractivity contribution is 6.10. The maximum atomic E-state index is 5.58. The number of rotatable bonds is 2. The molecule has 2 nitrogen and oxygen atoms in total. The summed E-state index contributed by atoms with van der Waals surface area (Å²) in [5.74, 6) is 0.908. The lowest BCUT2D eigenvalue weighted by atomic mass is 10.0. The van der Waals surface area contributed by atoms with Crippen LogP contribution in [0.3, 0.4) is 0 Å². The standard InChI is InChI=1S/C19H15NO/c1-2-21-16-8-7-13-10-18-17-6-4-3-5-14(17)12-20-19(18)11-15(13)9-16/h3-12H,2H2,1H3. The molecule has 0 amide bonds. The Balaban J connectivity index is 2.05. The second-order valence-electron chi connectivity index (χ2n) is 5.16. The molecule has 4 rings (SSSR count). The van der Waals surface area contributed by atoms with Crippen LogP contribution in [0.25, 0.3) is 32.4 Å². The van der Waals surface area contributed by atoms with Crippen LogP contribution in [0, 0.1) is 0 Å². The molecular weight excluding hydrogens is 258 g/mol. The summed E-state index contributed by atoms with van der Waals surface area (Å²) in [5.41, 5.74) is 1.02. The van der Waals surface area contributed by atoms with Crippen LogP contribution in [-0.2, 0) is 0 Å². The first-order valence-corrected chi connectivity index (χ1v) is 7.19. The Labute approximate surface area is 123 Å². The second-order valence-corrected chi connectivity index (χ2v) is 5.16. The van der Waals surface area contributed by atoms with Crippen molar-refractivity contribution in [2.75, 3.05) is 6.61 Å². The van der Waals surface area contributed by atoms with Gasteiger partial charge in [-0.25, -0.2) is 0 Å². The monoisotopic (exact) mass is 273 g/mol. The van der Waals surface area contributed by atoms with Crippen LogP contribution in [0.5, 0.6) is 5.75 Å². The van der Waals surface area contributed by atoms with Gasteiger partial charge in [0.05, 0.1) is 12.1 Å². The molecule has 102 valence electrons. The molecule has 0 aliphatic carbocycles. The molecule has 4 aromatic rings. The van der Waals surface area contributed by atoms with E-state index in [1.54, 1.807) is 0 Å². The highest BCUT2D eigenvalue weighted by Gasteiger charge is 2.04. The maximum Gasteiger partial charge on any atom is 0.119 e. The molecule has 0 aliphatic heterocycles. The average Bonchev–Trinajstić information content (AvgIpc) is 2.53. The number of aromatic nitrogens is 1. The van der Waals surface area contributed by atoms with Crippen molar-refractivity contribution >= 4 is 32.4 Å². The third kappa shape index (κ3) is 2.00. The quantitative estimate of drug-likeness (QED) is 0.381. The van der Waals surface area contributed by atoms with Crippen LogP contribution in [0.2, 0.25) is 0 Å². The van der Waals surface area contributed by atoms with E-state index in [2.05, 4.69) is 47.4 Å². The summed E-state index contributed by atoms with van der Waals surface area (Å²) in [6.07, 6.45) is 1.94. The molecule has 0 bridgehead atoms. The van der Waals surface area contributed by atoms with Gasteiger partial charge in [-0.15, -0.1) is 0 Å². The topological polar surface area (TPSA) is 22.1 Å². The summed E-state index contributed by atoms with van der Waals surface area (Å²) < 4.78 is 5.58. The van der Waals surface area contributed by atoms with Gasteiger partial charge in [0.1, 0.15) is 5.75 Å². The van der Waals surface area contributed by atoms with Crippen molar-refractivity contribution < 1.29 is 4.74 Å². The van der Waals surface area contributed by atoms with Crippen molar-refractivity contribution in [3.8, 4) is 5.75 Å². The van der Waals surface area contributed by atoms with E-state index in [1.165, 1.54) is 21.5 Å². The Hall–Kier alpha value is -2.61. The summed E-state index contributed by atoms with van der Waals surface area (Å²) in [7, 11) is 0. The summed E-state index contributed by atoms with van der Waals surface area (Å²) >= 11 is 0. The Morgan fingerprint density at radius 1 is 0.857 bits per heavy atom. The number of ether oxygens (including phenoxy) is 1. The van der Waals surface area contributed by atoms with E-state index in [1.807, 2.05) is 25.3 Å². The van der Waals surface area contributed by atoms with Crippen molar-refractivity contribution in [3.05, 3.63) is 60.8 Å². The van der Waals surface area contributed by atoms with Gasteiger partial charge in [-0.05, 0) is 47.3 Å². The summed E-state index contributed by atoms with van der Waals surface area (Å²) in [6.45, 7) is 2.68. The molecule has 0 atom stereocenters. The summed E-state index contributed by atoms with van der Waals surface area (Å²) in [6, 6.07) is 18.9. The predicted octanol–water partition coefficient (Wildman–Crippen LogP) is 4.94. The molecule has 21 heavy (non-hydrogen) atoms. The van der Waals surface area contributed by atoms with Crippen molar-refractivity contribution in [1.29, 1.82) is 0 Å². The fourth-order valence-corrected chi connectivity index (χ4v) is 2.84. The molecule has 0 aliphatic rings. The number of pyridine rings is 1. The lowest BCUT2D eigenvalue weighted by Gasteiger charge is -2.08. The van der Waals surface area contributed by atoms with Gasteiger partial charge in [-0.3, -0.25) is 4.98 Å². The van der Waals surface area contributed by atoms with Gasteiger partial charge in [0.15, 0.2) is 0 Å². The number of benzene rings is 3. The second kappa shape index (κ2) is 4.74. The van der Waals surface area contributed by atoms with E-state index in [0.717, 1.165) is 16.7 Å². The highest BCUT2D eigenvalue weighted by Crippen LogP contribution is 2.29. The van der Waals surface area contributed by atoms with Crippen molar-refractivity contribution in [1.82, 2.24) is 4.98 Å². The van der Waals surface area contributed by atoms with Crippen LogP contribution in [0.1, 0.15) is 6.92 Å². The Morgan fingerprint density at radius 3 is 2.67 bits per heavy atom. The zero-order chi connectivity index (χ0) is 14.2. The van der Waals surface area contributed by atoms with Crippen LogP contribution in [-0.4, -0.2) is 11.6 Å². The summed E-state index contributed by atoms with van der Waals surface area (Å²) in [4.78, 5) is 4.59. The molecular formula is C19H15NO. The molecule has 0 radical (unpaired) electrons.